The number of hydrogen-bond acceptors (Lipinski definition) is 4. The number of nitrogens with one attached hydrogen (secondary N) is 2. The van der Waals surface area contributed by atoms with E-state index in [1.807, 2.05) is 36.4 Å². The average Bonchev–Trinajstić information content (AvgIpc) is 3.18. The third kappa shape index (κ3) is 4.13. The second-order valence-corrected chi connectivity index (χ2v) is 7.70. The fourth-order valence-corrected chi connectivity index (χ4v) is 4.50. The van der Waals surface area contributed by atoms with Crippen molar-refractivity contribution < 1.29 is 9.59 Å². The lowest BCUT2D eigenvalue weighted by molar-refractivity contribution is -0.121. The van der Waals surface area contributed by atoms with Crippen LogP contribution in [0.5, 0.6) is 0 Å². The van der Waals surface area contributed by atoms with Crippen LogP contribution < -0.4 is 10.6 Å². The molecule has 0 radical (unpaired) electrons. The fourth-order valence-electron chi connectivity index (χ4n) is 3.60. The zero-order valence-corrected chi connectivity index (χ0v) is 16.1. The molecule has 6 heteroatoms. The van der Waals surface area contributed by atoms with Crippen LogP contribution in [0.3, 0.4) is 0 Å². The summed E-state index contributed by atoms with van der Waals surface area (Å²) in [5.41, 5.74) is 3.06. The smallest absolute Gasteiger partial charge is 0.308 e. The molecule has 2 N–H and O–H groups in total. The topological polar surface area (TPSA) is 61.4 Å². The van der Waals surface area contributed by atoms with Crippen LogP contribution in [0.25, 0.3) is 0 Å². The Kier molecular flexibility index (Phi) is 5.50. The van der Waals surface area contributed by atoms with Crippen molar-refractivity contribution in [2.45, 2.75) is 12.5 Å². The number of benzene rings is 2. The normalized spacial score (nSPS) is 16.2. The number of thiophene rings is 1. The van der Waals surface area contributed by atoms with Gasteiger partial charge in [-0.25, -0.2) is 4.79 Å². The Hall–Kier alpha value is -2.96. The van der Waals surface area contributed by atoms with Crippen LogP contribution >= 0.6 is 11.3 Å². The molecule has 3 aromatic rings. The van der Waals surface area contributed by atoms with Crippen molar-refractivity contribution in [3.63, 3.8) is 0 Å². The summed E-state index contributed by atoms with van der Waals surface area (Å²) in [6.07, 6.45) is 0.916. The van der Waals surface area contributed by atoms with E-state index in [2.05, 4.69) is 39.1 Å². The minimum Gasteiger partial charge on any atom is -0.308 e. The Morgan fingerprint density at radius 3 is 2.46 bits per heavy atom. The Labute approximate surface area is 168 Å². The van der Waals surface area contributed by atoms with Gasteiger partial charge in [-0.3, -0.25) is 15.0 Å². The van der Waals surface area contributed by atoms with Gasteiger partial charge < -0.3 is 5.32 Å². The maximum atomic E-state index is 12.5. The monoisotopic (exact) mass is 391 g/mol. The number of carbonyl (C=O) groups excluding carboxylic acids is 2. The number of fused-ring (bicyclic) bond motifs is 1. The number of amides is 3. The average molecular weight is 391 g/mol. The molecule has 0 spiro atoms. The number of hydrogen-bond donors (Lipinski definition) is 2. The summed E-state index contributed by atoms with van der Waals surface area (Å²) in [5.74, 6) is -0.312. The largest absolute Gasteiger partial charge is 0.325 e. The van der Waals surface area contributed by atoms with Gasteiger partial charge in [-0.05, 0) is 41.1 Å². The summed E-state index contributed by atoms with van der Waals surface area (Å²) in [7, 11) is 0. The molecule has 0 bridgehead atoms. The number of urea groups is 1. The molecule has 0 aliphatic carbocycles. The van der Waals surface area contributed by atoms with Gasteiger partial charge in [0.15, 0.2) is 0 Å². The molecule has 1 aliphatic heterocycles. The number of carbonyl (C=O) groups is 2. The second-order valence-electron chi connectivity index (χ2n) is 6.70. The number of rotatable bonds is 4. The van der Waals surface area contributed by atoms with Crippen LogP contribution in [0.15, 0.2) is 72.1 Å². The molecule has 1 atom stereocenters. The number of para-hydroxylation sites is 1. The molecule has 4 rings (SSSR count). The highest BCUT2D eigenvalue weighted by molar-refractivity contribution is 7.10. The lowest BCUT2D eigenvalue weighted by atomic mass is 9.93. The van der Waals surface area contributed by atoms with Crippen molar-refractivity contribution in [3.8, 4) is 0 Å². The van der Waals surface area contributed by atoms with Gasteiger partial charge in [-0.15, -0.1) is 11.3 Å². The van der Waals surface area contributed by atoms with Crippen LogP contribution in [0.1, 0.15) is 22.0 Å². The second kappa shape index (κ2) is 8.37. The maximum Gasteiger partial charge on any atom is 0.325 e. The van der Waals surface area contributed by atoms with Gasteiger partial charge in [0.1, 0.15) is 0 Å². The molecule has 2 aromatic carbocycles. The molecule has 1 unspecified atom stereocenters. The molecule has 0 saturated carbocycles. The van der Waals surface area contributed by atoms with E-state index in [1.165, 1.54) is 10.4 Å². The van der Waals surface area contributed by atoms with Crippen molar-refractivity contribution >= 4 is 29.0 Å². The molecule has 142 valence electrons. The van der Waals surface area contributed by atoms with Crippen LogP contribution in [-0.2, 0) is 11.2 Å². The molecule has 0 fully saturated rings. The van der Waals surface area contributed by atoms with Crippen molar-refractivity contribution in [2.75, 3.05) is 18.4 Å². The first kappa shape index (κ1) is 18.4. The minimum atomic E-state index is -0.513. The van der Waals surface area contributed by atoms with Gasteiger partial charge in [0.25, 0.3) is 0 Å². The summed E-state index contributed by atoms with van der Waals surface area (Å²) in [4.78, 5) is 28.1. The van der Waals surface area contributed by atoms with E-state index in [1.54, 1.807) is 23.5 Å². The predicted molar refractivity (Wildman–Crippen MR) is 111 cm³/mol. The lowest BCUT2D eigenvalue weighted by Gasteiger charge is -2.35. The zero-order valence-electron chi connectivity index (χ0n) is 15.3. The van der Waals surface area contributed by atoms with Crippen LogP contribution in [0.4, 0.5) is 10.5 Å². The molecule has 28 heavy (non-hydrogen) atoms. The van der Waals surface area contributed by atoms with Crippen LogP contribution in [0.2, 0.25) is 0 Å². The Balaban J connectivity index is 1.45. The Bertz CT molecular complexity index is 956. The number of anilines is 1. The number of imide groups is 1. The van der Waals surface area contributed by atoms with E-state index in [0.717, 1.165) is 18.5 Å². The van der Waals surface area contributed by atoms with Crippen LogP contribution in [0, 0.1) is 0 Å². The van der Waals surface area contributed by atoms with Crippen molar-refractivity contribution in [1.82, 2.24) is 10.2 Å². The summed E-state index contributed by atoms with van der Waals surface area (Å²) >= 11 is 1.77. The van der Waals surface area contributed by atoms with E-state index in [0.29, 0.717) is 5.69 Å². The van der Waals surface area contributed by atoms with Gasteiger partial charge in [0, 0.05) is 17.1 Å². The minimum absolute atomic E-state index is 0.0270. The quantitative estimate of drug-likeness (QED) is 0.705. The van der Waals surface area contributed by atoms with Gasteiger partial charge >= 0.3 is 6.03 Å². The summed E-state index contributed by atoms with van der Waals surface area (Å²) in [6.45, 7) is 0.942. The lowest BCUT2D eigenvalue weighted by Crippen LogP contribution is -2.45. The number of nitrogens with zero attached hydrogens (tertiary/aromatic N) is 1. The third-order valence-electron chi connectivity index (χ3n) is 4.81. The highest BCUT2D eigenvalue weighted by Crippen LogP contribution is 2.37. The molecular weight excluding hydrogens is 370 g/mol. The molecule has 1 aromatic heterocycles. The van der Waals surface area contributed by atoms with Gasteiger partial charge in [-0.1, -0.05) is 48.5 Å². The Morgan fingerprint density at radius 2 is 1.71 bits per heavy atom. The predicted octanol–water partition coefficient (Wildman–Crippen LogP) is 4.04. The Morgan fingerprint density at radius 1 is 1.00 bits per heavy atom. The first-order chi connectivity index (χ1) is 13.7. The fraction of sp³-hybridized carbons (Fsp3) is 0.182. The van der Waals surface area contributed by atoms with E-state index in [4.69, 9.17) is 0 Å². The molecular formula is C22H21N3O2S. The highest BCUT2D eigenvalue weighted by atomic mass is 32.1. The summed E-state index contributed by atoms with van der Waals surface area (Å²) in [6, 6.07) is 20.9. The maximum absolute atomic E-state index is 12.5. The first-order valence-electron chi connectivity index (χ1n) is 9.22. The molecule has 2 heterocycles. The summed E-state index contributed by atoms with van der Waals surface area (Å²) < 4.78 is 0. The zero-order chi connectivity index (χ0) is 19.3. The van der Waals surface area contributed by atoms with Crippen molar-refractivity contribution in [2.24, 2.45) is 0 Å². The molecule has 5 nitrogen and oxygen atoms in total. The first-order valence-corrected chi connectivity index (χ1v) is 10.1. The van der Waals surface area contributed by atoms with Crippen molar-refractivity contribution in [3.05, 3.63) is 88.1 Å². The standard InChI is InChI=1S/C22H21N3O2S/c26-20(24-22(27)23-17-9-5-2-6-10-17)15-25-13-11-19-18(12-14-28-19)21(25)16-7-3-1-4-8-16/h1-10,12,14,21H,11,13,15H2,(H2,23,24,26,27). The summed E-state index contributed by atoms with van der Waals surface area (Å²) in [5, 5.41) is 7.22. The van der Waals surface area contributed by atoms with Crippen molar-refractivity contribution in [1.29, 1.82) is 0 Å². The highest BCUT2D eigenvalue weighted by Gasteiger charge is 2.30. The molecule has 0 saturated heterocycles. The van der Waals surface area contributed by atoms with Gasteiger partial charge in [-0.2, -0.15) is 0 Å². The van der Waals surface area contributed by atoms with E-state index in [9.17, 15) is 9.59 Å². The van der Waals surface area contributed by atoms with E-state index >= 15 is 0 Å². The van der Waals surface area contributed by atoms with E-state index < -0.39 is 6.03 Å². The van der Waals surface area contributed by atoms with Crippen LogP contribution in [-0.4, -0.2) is 29.9 Å². The van der Waals surface area contributed by atoms with Gasteiger partial charge in [0.2, 0.25) is 5.91 Å². The van der Waals surface area contributed by atoms with Gasteiger partial charge in [0.05, 0.1) is 12.6 Å². The molecule has 3 amide bonds. The van der Waals surface area contributed by atoms with E-state index in [-0.39, 0.29) is 18.5 Å². The molecule has 1 aliphatic rings. The third-order valence-corrected chi connectivity index (χ3v) is 5.81. The SMILES string of the molecule is O=C(CN1CCc2sccc2C1c1ccccc1)NC(=O)Nc1ccccc1.